The van der Waals surface area contributed by atoms with Crippen LogP contribution in [0.1, 0.15) is 12.8 Å². The second-order valence-corrected chi connectivity index (χ2v) is 3.41. The highest BCUT2D eigenvalue weighted by atomic mass is 16.3. The van der Waals surface area contributed by atoms with E-state index in [2.05, 4.69) is 16.3 Å². The zero-order valence-corrected chi connectivity index (χ0v) is 7.87. The Morgan fingerprint density at radius 1 is 1.62 bits per heavy atom. The zero-order chi connectivity index (χ0) is 9.52. The van der Waals surface area contributed by atoms with Crippen LogP contribution >= 0.6 is 0 Å². The first-order valence-electron chi connectivity index (χ1n) is 4.80. The van der Waals surface area contributed by atoms with Crippen molar-refractivity contribution in [2.75, 3.05) is 32.8 Å². The molecule has 1 aliphatic heterocycles. The van der Waals surface area contributed by atoms with Crippen molar-refractivity contribution in [2.45, 2.75) is 18.9 Å². The lowest BCUT2D eigenvalue weighted by Gasteiger charge is -2.31. The summed E-state index contributed by atoms with van der Waals surface area (Å²) in [5, 5.41) is 20.4. The average Bonchev–Trinajstić information content (AvgIpc) is 2.16. The van der Waals surface area contributed by atoms with Gasteiger partial charge in [0.1, 0.15) is 0 Å². The fraction of sp³-hybridized carbons (Fsp3) is 0.889. The predicted molar refractivity (Wildman–Crippen MR) is 50.2 cm³/mol. The molecule has 13 heavy (non-hydrogen) atoms. The average molecular weight is 183 g/mol. The van der Waals surface area contributed by atoms with Gasteiger partial charge in [0.2, 0.25) is 0 Å². The highest BCUT2D eigenvalue weighted by Gasteiger charge is 2.18. The van der Waals surface area contributed by atoms with Crippen LogP contribution in [0.2, 0.25) is 0 Å². The number of piperidine rings is 1. The van der Waals surface area contributed by atoms with E-state index in [4.69, 9.17) is 10.4 Å². The van der Waals surface area contributed by atoms with Gasteiger partial charge in [-0.05, 0) is 19.4 Å². The minimum absolute atomic E-state index is 0.189. The quantitative estimate of drug-likeness (QED) is 0.580. The van der Waals surface area contributed by atoms with Gasteiger partial charge in [-0.25, -0.2) is 0 Å². The van der Waals surface area contributed by atoms with Gasteiger partial charge in [-0.3, -0.25) is 4.90 Å². The van der Waals surface area contributed by atoms with Crippen LogP contribution in [0.5, 0.6) is 0 Å². The number of nitriles is 1. The molecule has 0 radical (unpaired) electrons. The van der Waals surface area contributed by atoms with Crippen LogP contribution in [0.15, 0.2) is 0 Å². The fourth-order valence-corrected chi connectivity index (χ4v) is 1.73. The largest absolute Gasteiger partial charge is 0.395 e. The molecule has 4 nitrogen and oxygen atoms in total. The number of nitrogens with zero attached hydrogens (tertiary/aromatic N) is 2. The van der Waals surface area contributed by atoms with Gasteiger partial charge in [-0.1, -0.05) is 0 Å². The number of nitrogens with one attached hydrogen (secondary N) is 1. The SMILES string of the molecule is N#CCN1CCCC(NCCO)C1. The van der Waals surface area contributed by atoms with Crippen LogP contribution in [0.25, 0.3) is 0 Å². The summed E-state index contributed by atoms with van der Waals surface area (Å²) in [4.78, 5) is 2.15. The minimum atomic E-state index is 0.189. The number of likely N-dealkylation sites (tertiary alicyclic amines) is 1. The topological polar surface area (TPSA) is 59.3 Å². The van der Waals surface area contributed by atoms with Gasteiger partial charge in [0.15, 0.2) is 0 Å². The second kappa shape index (κ2) is 5.92. The van der Waals surface area contributed by atoms with E-state index in [0.717, 1.165) is 25.9 Å². The fourth-order valence-electron chi connectivity index (χ4n) is 1.73. The van der Waals surface area contributed by atoms with Crippen LogP contribution in [0, 0.1) is 11.3 Å². The number of hydrogen-bond acceptors (Lipinski definition) is 4. The molecule has 0 aromatic carbocycles. The lowest BCUT2D eigenvalue weighted by Crippen LogP contribution is -2.46. The molecular formula is C9H17N3O. The maximum atomic E-state index is 8.64. The molecule has 1 rings (SSSR count). The molecule has 1 saturated heterocycles. The van der Waals surface area contributed by atoms with E-state index in [9.17, 15) is 0 Å². The molecule has 74 valence electrons. The van der Waals surface area contributed by atoms with E-state index >= 15 is 0 Å². The molecule has 1 unspecified atom stereocenters. The second-order valence-electron chi connectivity index (χ2n) is 3.41. The zero-order valence-electron chi connectivity index (χ0n) is 7.87. The van der Waals surface area contributed by atoms with Crippen LogP contribution in [-0.4, -0.2) is 48.8 Å². The summed E-state index contributed by atoms with van der Waals surface area (Å²) < 4.78 is 0. The molecule has 0 saturated carbocycles. The molecule has 2 N–H and O–H groups in total. The molecule has 0 bridgehead atoms. The van der Waals surface area contributed by atoms with Crippen molar-refractivity contribution >= 4 is 0 Å². The number of aliphatic hydroxyl groups excluding tert-OH is 1. The summed E-state index contributed by atoms with van der Waals surface area (Å²) in [7, 11) is 0. The van der Waals surface area contributed by atoms with Gasteiger partial charge >= 0.3 is 0 Å². The Morgan fingerprint density at radius 3 is 3.15 bits per heavy atom. The maximum Gasteiger partial charge on any atom is 0.0866 e. The van der Waals surface area contributed by atoms with Crippen molar-refractivity contribution < 1.29 is 5.11 Å². The lowest BCUT2D eigenvalue weighted by atomic mass is 10.1. The third-order valence-corrected chi connectivity index (χ3v) is 2.34. The van der Waals surface area contributed by atoms with Crippen LogP contribution in [0.4, 0.5) is 0 Å². The van der Waals surface area contributed by atoms with Crippen molar-refractivity contribution in [3.63, 3.8) is 0 Å². The highest BCUT2D eigenvalue weighted by molar-refractivity contribution is 4.83. The summed E-state index contributed by atoms with van der Waals surface area (Å²) in [5.41, 5.74) is 0. The van der Waals surface area contributed by atoms with E-state index in [1.807, 2.05) is 0 Å². The molecule has 0 amide bonds. The summed E-state index contributed by atoms with van der Waals surface area (Å²) in [5.74, 6) is 0. The summed E-state index contributed by atoms with van der Waals surface area (Å²) in [6.45, 7) is 3.34. The van der Waals surface area contributed by atoms with Gasteiger partial charge < -0.3 is 10.4 Å². The first kappa shape index (κ1) is 10.5. The highest BCUT2D eigenvalue weighted by Crippen LogP contribution is 2.08. The van der Waals surface area contributed by atoms with Gasteiger partial charge in [-0.2, -0.15) is 5.26 Å². The summed E-state index contributed by atoms with van der Waals surface area (Å²) >= 11 is 0. The van der Waals surface area contributed by atoms with Crippen molar-refractivity contribution in [2.24, 2.45) is 0 Å². The Kier molecular flexibility index (Phi) is 4.76. The van der Waals surface area contributed by atoms with Crippen LogP contribution < -0.4 is 5.32 Å². The smallest absolute Gasteiger partial charge is 0.0866 e. The maximum absolute atomic E-state index is 8.64. The van der Waals surface area contributed by atoms with Crippen molar-refractivity contribution in [1.82, 2.24) is 10.2 Å². The van der Waals surface area contributed by atoms with Crippen molar-refractivity contribution in [3.05, 3.63) is 0 Å². The van der Waals surface area contributed by atoms with Crippen molar-refractivity contribution in [3.8, 4) is 6.07 Å². The molecule has 1 aliphatic rings. The van der Waals surface area contributed by atoms with E-state index in [0.29, 0.717) is 19.1 Å². The normalized spacial score (nSPS) is 24.2. The molecule has 0 aliphatic carbocycles. The Hall–Kier alpha value is -0.630. The molecule has 1 atom stereocenters. The number of aliphatic hydroxyl groups is 1. The molecule has 0 aromatic rings. The van der Waals surface area contributed by atoms with Gasteiger partial charge in [-0.15, -0.1) is 0 Å². The first-order valence-corrected chi connectivity index (χ1v) is 4.80. The monoisotopic (exact) mass is 183 g/mol. The molecule has 4 heteroatoms. The van der Waals surface area contributed by atoms with Crippen LogP contribution in [0.3, 0.4) is 0 Å². The molecule has 0 aromatic heterocycles. The van der Waals surface area contributed by atoms with Gasteiger partial charge in [0, 0.05) is 19.1 Å². The molecule has 1 fully saturated rings. The standard InChI is InChI=1S/C9H17N3O/c10-3-6-12-5-1-2-9(8-12)11-4-7-13/h9,11,13H,1-2,4-8H2. The van der Waals surface area contributed by atoms with Crippen LogP contribution in [-0.2, 0) is 0 Å². The van der Waals surface area contributed by atoms with Gasteiger partial charge in [0.25, 0.3) is 0 Å². The third-order valence-electron chi connectivity index (χ3n) is 2.34. The summed E-state index contributed by atoms with van der Waals surface area (Å²) in [6.07, 6.45) is 2.30. The minimum Gasteiger partial charge on any atom is -0.395 e. The molecule has 1 heterocycles. The van der Waals surface area contributed by atoms with E-state index in [1.54, 1.807) is 0 Å². The number of hydrogen-bond donors (Lipinski definition) is 2. The van der Waals surface area contributed by atoms with E-state index in [-0.39, 0.29) is 6.61 Å². The number of rotatable bonds is 4. The predicted octanol–water partition coefficient (Wildman–Crippen LogP) is -0.444. The Balaban J connectivity index is 2.21. The van der Waals surface area contributed by atoms with Crippen molar-refractivity contribution in [1.29, 1.82) is 5.26 Å². The Morgan fingerprint density at radius 2 is 2.46 bits per heavy atom. The Labute approximate surface area is 79.1 Å². The first-order chi connectivity index (χ1) is 6.36. The van der Waals surface area contributed by atoms with E-state index in [1.165, 1.54) is 0 Å². The molecular weight excluding hydrogens is 166 g/mol. The van der Waals surface area contributed by atoms with Gasteiger partial charge in [0.05, 0.1) is 19.2 Å². The van der Waals surface area contributed by atoms with E-state index < -0.39 is 0 Å². The lowest BCUT2D eigenvalue weighted by molar-refractivity contribution is 0.199. The summed E-state index contributed by atoms with van der Waals surface area (Å²) in [6, 6.07) is 2.62. The molecule has 0 spiro atoms. The third kappa shape index (κ3) is 3.73. The Bertz CT molecular complexity index is 178.